The molecule has 152 valence electrons. The minimum Gasteiger partial charge on any atom is -0.497 e. The first-order chi connectivity index (χ1) is 14.7. The van der Waals surface area contributed by atoms with Crippen LogP contribution in [0.25, 0.3) is 10.9 Å². The van der Waals surface area contributed by atoms with E-state index < -0.39 is 12.0 Å². The smallest absolute Gasteiger partial charge is 0.325 e. The highest BCUT2D eigenvalue weighted by Gasteiger charge is 2.20. The maximum atomic E-state index is 11.8. The molecule has 0 radical (unpaired) electrons. The minimum atomic E-state index is -0.896. The predicted octanol–water partition coefficient (Wildman–Crippen LogP) is 4.61. The number of nitrogens with one attached hydrogen (secondary N) is 1. The van der Waals surface area contributed by atoms with E-state index in [1.54, 1.807) is 7.11 Å². The summed E-state index contributed by atoms with van der Waals surface area (Å²) < 4.78 is 7.61. The lowest BCUT2D eigenvalue weighted by atomic mass is 10.1. The molecule has 0 aliphatic heterocycles. The summed E-state index contributed by atoms with van der Waals surface area (Å²) in [6.07, 6.45) is 2.09. The van der Waals surface area contributed by atoms with Gasteiger partial charge >= 0.3 is 5.97 Å². The average molecular weight is 400 g/mol. The number of rotatable bonds is 8. The van der Waals surface area contributed by atoms with Crippen molar-refractivity contribution in [1.29, 1.82) is 0 Å². The second kappa shape index (κ2) is 8.84. The zero-order valence-electron chi connectivity index (χ0n) is 16.8. The van der Waals surface area contributed by atoms with Crippen LogP contribution in [0, 0.1) is 0 Å². The van der Waals surface area contributed by atoms with E-state index in [9.17, 15) is 9.90 Å². The first-order valence-corrected chi connectivity index (χ1v) is 9.86. The van der Waals surface area contributed by atoms with Crippen molar-refractivity contribution in [2.24, 2.45) is 0 Å². The molecule has 0 aliphatic rings. The molecule has 0 bridgehead atoms. The molecule has 5 nitrogen and oxygen atoms in total. The summed E-state index contributed by atoms with van der Waals surface area (Å²) in [7, 11) is 1.65. The quantitative estimate of drug-likeness (QED) is 0.453. The molecule has 0 spiro atoms. The Balaban J connectivity index is 1.66. The van der Waals surface area contributed by atoms with Crippen LogP contribution in [-0.2, 0) is 17.9 Å². The lowest BCUT2D eigenvalue weighted by Gasteiger charge is -2.14. The van der Waals surface area contributed by atoms with Gasteiger partial charge in [0.05, 0.1) is 7.11 Å². The van der Waals surface area contributed by atoms with Crippen molar-refractivity contribution in [3.05, 3.63) is 102 Å². The number of aromatic nitrogens is 1. The Hall–Kier alpha value is -3.57. The van der Waals surface area contributed by atoms with E-state index in [-0.39, 0.29) is 0 Å². The Morgan fingerprint density at radius 2 is 1.73 bits per heavy atom. The van der Waals surface area contributed by atoms with Gasteiger partial charge in [0.25, 0.3) is 0 Å². The molecule has 1 atom stereocenters. The average Bonchev–Trinajstić information content (AvgIpc) is 3.11. The van der Waals surface area contributed by atoms with Crippen LogP contribution >= 0.6 is 0 Å². The maximum absolute atomic E-state index is 11.8. The summed E-state index contributed by atoms with van der Waals surface area (Å²) in [6.45, 7) is 1.17. The van der Waals surface area contributed by atoms with Gasteiger partial charge in [-0.1, -0.05) is 60.7 Å². The van der Waals surface area contributed by atoms with Gasteiger partial charge in [-0.3, -0.25) is 10.1 Å². The van der Waals surface area contributed by atoms with Crippen LogP contribution in [0.1, 0.15) is 22.7 Å². The van der Waals surface area contributed by atoms with Crippen molar-refractivity contribution in [2.75, 3.05) is 7.11 Å². The summed E-state index contributed by atoms with van der Waals surface area (Å²) in [5.41, 5.74) is 4.05. The second-order valence-corrected chi connectivity index (χ2v) is 7.21. The highest BCUT2D eigenvalue weighted by atomic mass is 16.5. The van der Waals surface area contributed by atoms with E-state index in [2.05, 4.69) is 28.2 Å². The number of benzene rings is 3. The standard InChI is InChI=1S/C25H24N2O3/c1-30-21-12-13-23-22(14-21)20(17-27(23)16-18-8-4-2-5-9-18)15-26-24(25(28)29)19-10-6-3-7-11-19/h2-14,17,24,26H,15-16H2,1H3,(H,28,29)/t24-/m1/s1. The van der Waals surface area contributed by atoms with Gasteiger partial charge in [0, 0.05) is 30.2 Å². The van der Waals surface area contributed by atoms with Crippen LogP contribution in [0.5, 0.6) is 5.75 Å². The number of methoxy groups -OCH3 is 1. The van der Waals surface area contributed by atoms with Crippen LogP contribution in [0.15, 0.2) is 85.1 Å². The van der Waals surface area contributed by atoms with Crippen LogP contribution in [0.2, 0.25) is 0 Å². The zero-order valence-corrected chi connectivity index (χ0v) is 16.8. The van der Waals surface area contributed by atoms with Gasteiger partial charge in [-0.25, -0.2) is 0 Å². The number of hydrogen-bond acceptors (Lipinski definition) is 3. The van der Waals surface area contributed by atoms with Gasteiger partial charge in [0.2, 0.25) is 0 Å². The molecule has 1 aromatic heterocycles. The highest BCUT2D eigenvalue weighted by molar-refractivity contribution is 5.85. The van der Waals surface area contributed by atoms with E-state index in [1.165, 1.54) is 5.56 Å². The summed E-state index contributed by atoms with van der Waals surface area (Å²) in [5, 5.41) is 14.0. The van der Waals surface area contributed by atoms with Gasteiger partial charge in [0.15, 0.2) is 0 Å². The number of hydrogen-bond donors (Lipinski definition) is 2. The number of carbonyl (C=O) groups is 1. The monoisotopic (exact) mass is 400 g/mol. The number of fused-ring (bicyclic) bond motifs is 1. The van der Waals surface area contributed by atoms with Gasteiger partial charge in [0.1, 0.15) is 11.8 Å². The fraction of sp³-hybridized carbons (Fsp3) is 0.160. The highest BCUT2D eigenvalue weighted by Crippen LogP contribution is 2.27. The third-order valence-corrected chi connectivity index (χ3v) is 5.24. The van der Waals surface area contributed by atoms with Crippen molar-refractivity contribution in [3.63, 3.8) is 0 Å². The first kappa shape index (κ1) is 19.7. The molecule has 4 rings (SSSR count). The molecule has 0 aliphatic carbocycles. The maximum Gasteiger partial charge on any atom is 0.325 e. The second-order valence-electron chi connectivity index (χ2n) is 7.21. The normalized spacial score (nSPS) is 12.0. The summed E-state index contributed by atoms with van der Waals surface area (Å²) in [5.74, 6) is -0.120. The van der Waals surface area contributed by atoms with Gasteiger partial charge in [-0.15, -0.1) is 0 Å². The fourth-order valence-electron chi connectivity index (χ4n) is 3.73. The van der Waals surface area contributed by atoms with Crippen LogP contribution in [0.3, 0.4) is 0 Å². The number of carboxylic acids is 1. The molecule has 0 unspecified atom stereocenters. The molecule has 2 N–H and O–H groups in total. The number of aliphatic carboxylic acids is 1. The van der Waals surface area contributed by atoms with Crippen LogP contribution < -0.4 is 10.1 Å². The summed E-state index contributed by atoms with van der Waals surface area (Å²) in [6, 6.07) is 24.7. The summed E-state index contributed by atoms with van der Waals surface area (Å²) in [4.78, 5) is 11.8. The first-order valence-electron chi connectivity index (χ1n) is 9.86. The zero-order chi connectivity index (χ0) is 20.9. The van der Waals surface area contributed by atoms with Gasteiger partial charge in [-0.2, -0.15) is 0 Å². The molecule has 30 heavy (non-hydrogen) atoms. The number of ether oxygens (including phenoxy) is 1. The Bertz CT molecular complexity index is 1140. The van der Waals surface area contributed by atoms with E-state index in [1.807, 2.05) is 66.7 Å². The third kappa shape index (κ3) is 4.21. The van der Waals surface area contributed by atoms with Gasteiger partial charge < -0.3 is 14.4 Å². The molecular formula is C25H24N2O3. The van der Waals surface area contributed by atoms with E-state index in [4.69, 9.17) is 4.74 Å². The van der Waals surface area contributed by atoms with Crippen molar-refractivity contribution in [2.45, 2.75) is 19.1 Å². The van der Waals surface area contributed by atoms with Gasteiger partial charge in [-0.05, 0) is 34.9 Å². The van der Waals surface area contributed by atoms with E-state index in [0.717, 1.165) is 34.3 Å². The van der Waals surface area contributed by atoms with Crippen LogP contribution in [0.4, 0.5) is 0 Å². The van der Waals surface area contributed by atoms with Crippen molar-refractivity contribution < 1.29 is 14.6 Å². The molecular weight excluding hydrogens is 376 g/mol. The Kier molecular flexibility index (Phi) is 5.82. The van der Waals surface area contributed by atoms with Crippen LogP contribution in [-0.4, -0.2) is 22.8 Å². The lowest BCUT2D eigenvalue weighted by Crippen LogP contribution is -2.28. The molecule has 0 saturated carbocycles. The third-order valence-electron chi connectivity index (χ3n) is 5.24. The topological polar surface area (TPSA) is 63.5 Å². The predicted molar refractivity (Wildman–Crippen MR) is 118 cm³/mol. The lowest BCUT2D eigenvalue weighted by molar-refractivity contribution is -0.139. The SMILES string of the molecule is COc1ccc2c(c1)c(CN[C@@H](C(=O)O)c1ccccc1)cn2Cc1ccccc1. The van der Waals surface area contributed by atoms with E-state index in [0.29, 0.717) is 6.54 Å². The van der Waals surface area contributed by atoms with E-state index >= 15 is 0 Å². The number of carboxylic acid groups (broad SMARTS) is 1. The molecule has 5 heteroatoms. The Morgan fingerprint density at radius 1 is 1.03 bits per heavy atom. The molecule has 3 aromatic carbocycles. The minimum absolute atomic E-state index is 0.428. The Morgan fingerprint density at radius 3 is 2.40 bits per heavy atom. The molecule has 1 heterocycles. The van der Waals surface area contributed by atoms with Crippen molar-refractivity contribution in [3.8, 4) is 5.75 Å². The fourth-order valence-corrected chi connectivity index (χ4v) is 3.73. The van der Waals surface area contributed by atoms with Crippen molar-refractivity contribution in [1.82, 2.24) is 9.88 Å². The Labute approximate surface area is 175 Å². The summed E-state index contributed by atoms with van der Waals surface area (Å²) >= 11 is 0. The largest absolute Gasteiger partial charge is 0.497 e. The molecule has 0 saturated heterocycles. The molecule has 0 amide bonds. The molecule has 4 aromatic rings. The molecule has 0 fully saturated rings. The van der Waals surface area contributed by atoms with Crippen molar-refractivity contribution >= 4 is 16.9 Å². The number of nitrogens with zero attached hydrogens (tertiary/aromatic N) is 1.